The molecule has 0 saturated carbocycles. The number of aromatic nitrogens is 1. The van der Waals surface area contributed by atoms with Crippen LogP contribution < -0.4 is 4.90 Å². The van der Waals surface area contributed by atoms with Gasteiger partial charge in [0.1, 0.15) is 0 Å². The molecule has 0 spiro atoms. The monoisotopic (exact) mass is 550 g/mol. The van der Waals surface area contributed by atoms with E-state index in [1.165, 1.54) is 71.9 Å². The van der Waals surface area contributed by atoms with Crippen LogP contribution in [0.15, 0.2) is 164 Å². The second-order valence-electron chi connectivity index (χ2n) is 11.1. The molecule has 0 radical (unpaired) electrons. The second kappa shape index (κ2) is 10.3. The quantitative estimate of drug-likeness (QED) is 0.207. The van der Waals surface area contributed by atoms with Crippen molar-refractivity contribution in [2.75, 3.05) is 11.9 Å². The van der Waals surface area contributed by atoms with Crippen molar-refractivity contribution < 1.29 is 0 Å². The van der Waals surface area contributed by atoms with Crippen molar-refractivity contribution in [3.63, 3.8) is 0 Å². The van der Waals surface area contributed by atoms with Crippen molar-refractivity contribution in [2.45, 2.75) is 0 Å². The van der Waals surface area contributed by atoms with Gasteiger partial charge in [0.05, 0.1) is 11.0 Å². The van der Waals surface area contributed by atoms with E-state index in [1.807, 2.05) is 6.07 Å². The number of nitrogens with zero attached hydrogens (tertiary/aromatic N) is 2. The van der Waals surface area contributed by atoms with Gasteiger partial charge < -0.3 is 9.47 Å². The van der Waals surface area contributed by atoms with Crippen molar-refractivity contribution in [2.24, 2.45) is 0 Å². The van der Waals surface area contributed by atoms with Gasteiger partial charge in [0.2, 0.25) is 0 Å². The van der Waals surface area contributed by atoms with Crippen LogP contribution in [0.5, 0.6) is 0 Å². The summed E-state index contributed by atoms with van der Waals surface area (Å²) < 4.78 is 2.41. The topological polar surface area (TPSA) is 8.17 Å². The predicted molar refractivity (Wildman–Crippen MR) is 184 cm³/mol. The molecule has 2 nitrogen and oxygen atoms in total. The Morgan fingerprint density at radius 1 is 0.442 bits per heavy atom. The first kappa shape index (κ1) is 25.1. The summed E-state index contributed by atoms with van der Waals surface area (Å²) in [6.07, 6.45) is 0. The van der Waals surface area contributed by atoms with Crippen LogP contribution in [-0.4, -0.2) is 11.6 Å². The lowest BCUT2D eigenvalue weighted by Gasteiger charge is -2.19. The Morgan fingerprint density at radius 3 is 1.84 bits per heavy atom. The van der Waals surface area contributed by atoms with Crippen molar-refractivity contribution in [1.82, 2.24) is 4.57 Å². The molecule has 7 aromatic carbocycles. The minimum atomic E-state index is 1.17. The summed E-state index contributed by atoms with van der Waals surface area (Å²) in [6, 6.07) is 59.0. The molecule has 8 rings (SSSR count). The fourth-order valence-corrected chi connectivity index (χ4v) is 6.37. The molecule has 2 heteroatoms. The van der Waals surface area contributed by atoms with Gasteiger partial charge in [-0.3, -0.25) is 0 Å². The van der Waals surface area contributed by atoms with E-state index in [-0.39, 0.29) is 0 Å². The minimum Gasteiger partial charge on any atom is -0.345 e. The summed E-state index contributed by atoms with van der Waals surface area (Å²) in [6.45, 7) is 0. The third kappa shape index (κ3) is 4.36. The number of para-hydroxylation sites is 2. The summed E-state index contributed by atoms with van der Waals surface area (Å²) in [7, 11) is 2.11. The van der Waals surface area contributed by atoms with Gasteiger partial charge in [-0.2, -0.15) is 0 Å². The average molecular weight is 551 g/mol. The molecular weight excluding hydrogens is 520 g/mol. The van der Waals surface area contributed by atoms with Gasteiger partial charge in [-0.25, -0.2) is 0 Å². The van der Waals surface area contributed by atoms with E-state index < -0.39 is 0 Å². The van der Waals surface area contributed by atoms with Crippen LogP contribution in [0.25, 0.3) is 60.5 Å². The van der Waals surface area contributed by atoms with E-state index in [0.29, 0.717) is 0 Å². The Morgan fingerprint density at radius 2 is 1.05 bits per heavy atom. The van der Waals surface area contributed by atoms with Gasteiger partial charge in [-0.15, -0.1) is 0 Å². The van der Waals surface area contributed by atoms with E-state index >= 15 is 0 Å². The number of anilines is 2. The molecule has 0 aliphatic heterocycles. The van der Waals surface area contributed by atoms with Gasteiger partial charge in [0, 0.05) is 34.9 Å². The third-order valence-corrected chi connectivity index (χ3v) is 8.62. The summed E-state index contributed by atoms with van der Waals surface area (Å²) in [5.41, 5.74) is 10.9. The maximum Gasteiger partial charge on any atom is 0.0547 e. The SMILES string of the molecule is CN(c1ccccc1)c1ccc(-c2ccc(-c3cccc4c3c3ccccc3n4-c3ccc4ccccc4c3)cc2)cc1. The standard InChI is InChI=1S/C41H30N2/c1-42(34-12-3-2-4-13-34)35-25-22-31(23-26-35)30-18-20-32(21-19-30)37-15-9-17-40-41(37)38-14-7-8-16-39(38)43(40)36-27-24-29-10-5-6-11-33(29)28-36/h2-28H,1H3. The van der Waals surface area contributed by atoms with Gasteiger partial charge in [-0.1, -0.05) is 115 Å². The molecule has 43 heavy (non-hydrogen) atoms. The normalized spacial score (nSPS) is 11.4. The summed E-state index contributed by atoms with van der Waals surface area (Å²) in [5.74, 6) is 0. The number of fused-ring (bicyclic) bond motifs is 4. The molecule has 0 fully saturated rings. The number of rotatable bonds is 5. The Kier molecular flexibility index (Phi) is 6.05. The van der Waals surface area contributed by atoms with Crippen molar-refractivity contribution in [3.05, 3.63) is 164 Å². The molecule has 0 N–H and O–H groups in total. The fourth-order valence-electron chi connectivity index (χ4n) is 6.37. The highest BCUT2D eigenvalue weighted by Gasteiger charge is 2.16. The Bertz CT molecular complexity index is 2220. The zero-order valence-electron chi connectivity index (χ0n) is 24.0. The van der Waals surface area contributed by atoms with E-state index in [9.17, 15) is 0 Å². The fraction of sp³-hybridized carbons (Fsp3) is 0.0244. The Balaban J connectivity index is 1.18. The van der Waals surface area contributed by atoms with E-state index in [2.05, 4.69) is 174 Å². The Hall–Kier alpha value is -5.60. The zero-order valence-corrected chi connectivity index (χ0v) is 24.0. The van der Waals surface area contributed by atoms with Crippen LogP contribution in [0.4, 0.5) is 11.4 Å². The molecule has 0 atom stereocenters. The summed E-state index contributed by atoms with van der Waals surface area (Å²) in [5, 5.41) is 5.05. The molecule has 0 aliphatic rings. The number of hydrogen-bond donors (Lipinski definition) is 0. The zero-order chi connectivity index (χ0) is 28.8. The molecule has 0 bridgehead atoms. The molecule has 204 valence electrons. The molecule has 0 unspecified atom stereocenters. The van der Waals surface area contributed by atoms with Gasteiger partial charge in [-0.05, 0) is 81.6 Å². The molecule has 1 aromatic heterocycles. The maximum atomic E-state index is 2.41. The number of hydrogen-bond acceptors (Lipinski definition) is 1. The highest BCUT2D eigenvalue weighted by molar-refractivity contribution is 6.15. The molecule has 8 aromatic rings. The first-order chi connectivity index (χ1) is 21.2. The van der Waals surface area contributed by atoms with Crippen LogP contribution in [0.3, 0.4) is 0 Å². The first-order valence-corrected chi connectivity index (χ1v) is 14.8. The molecule has 1 heterocycles. The lowest BCUT2D eigenvalue weighted by Crippen LogP contribution is -2.08. The van der Waals surface area contributed by atoms with Crippen LogP contribution in [0.2, 0.25) is 0 Å². The van der Waals surface area contributed by atoms with Gasteiger partial charge in [0.25, 0.3) is 0 Å². The van der Waals surface area contributed by atoms with E-state index in [1.54, 1.807) is 0 Å². The maximum absolute atomic E-state index is 2.41. The van der Waals surface area contributed by atoms with Crippen LogP contribution in [-0.2, 0) is 0 Å². The molecular formula is C41H30N2. The smallest absolute Gasteiger partial charge is 0.0547 e. The van der Waals surface area contributed by atoms with Crippen molar-refractivity contribution in [3.8, 4) is 27.9 Å². The van der Waals surface area contributed by atoms with E-state index in [0.717, 1.165) is 0 Å². The second-order valence-corrected chi connectivity index (χ2v) is 11.1. The predicted octanol–water partition coefficient (Wildman–Crippen LogP) is 11.0. The molecule has 0 saturated heterocycles. The van der Waals surface area contributed by atoms with Crippen molar-refractivity contribution >= 4 is 44.0 Å². The van der Waals surface area contributed by atoms with Crippen LogP contribution >= 0.6 is 0 Å². The summed E-state index contributed by atoms with van der Waals surface area (Å²) in [4.78, 5) is 2.21. The lowest BCUT2D eigenvalue weighted by molar-refractivity contribution is 1.19. The van der Waals surface area contributed by atoms with E-state index in [4.69, 9.17) is 0 Å². The van der Waals surface area contributed by atoms with Gasteiger partial charge in [0.15, 0.2) is 0 Å². The first-order valence-electron chi connectivity index (χ1n) is 14.8. The van der Waals surface area contributed by atoms with Crippen molar-refractivity contribution in [1.29, 1.82) is 0 Å². The highest BCUT2D eigenvalue weighted by atomic mass is 15.1. The molecule has 0 aliphatic carbocycles. The largest absolute Gasteiger partial charge is 0.345 e. The lowest BCUT2D eigenvalue weighted by atomic mass is 9.97. The number of benzene rings is 7. The highest BCUT2D eigenvalue weighted by Crippen LogP contribution is 2.39. The van der Waals surface area contributed by atoms with Gasteiger partial charge >= 0.3 is 0 Å². The summed E-state index contributed by atoms with van der Waals surface area (Å²) >= 11 is 0. The molecule has 0 amide bonds. The third-order valence-electron chi connectivity index (χ3n) is 8.62. The minimum absolute atomic E-state index is 1.17. The Labute approximate surface area is 251 Å². The average Bonchev–Trinajstić information content (AvgIpc) is 3.43. The van der Waals surface area contributed by atoms with Crippen LogP contribution in [0.1, 0.15) is 0 Å². The van der Waals surface area contributed by atoms with Crippen LogP contribution in [0, 0.1) is 0 Å².